The lowest BCUT2D eigenvalue weighted by Gasteiger charge is -2.24. The summed E-state index contributed by atoms with van der Waals surface area (Å²) in [6, 6.07) is 6.79. The summed E-state index contributed by atoms with van der Waals surface area (Å²) < 4.78 is 5.77. The number of esters is 1. The zero-order valence-electron chi connectivity index (χ0n) is 21.5. The Morgan fingerprint density at radius 3 is 2.29 bits per heavy atom. The number of benzene rings is 1. The summed E-state index contributed by atoms with van der Waals surface area (Å²) in [5.41, 5.74) is 0.883. The highest BCUT2D eigenvalue weighted by atomic mass is 16.5. The first-order chi connectivity index (χ1) is 16.7. The Bertz CT molecular complexity index is 842. The van der Waals surface area contributed by atoms with Crippen molar-refractivity contribution in [2.45, 2.75) is 103 Å². The van der Waals surface area contributed by atoms with Crippen LogP contribution in [0.25, 0.3) is 0 Å². The fraction of sp³-hybridized carbons (Fsp3) is 0.630. The topological polar surface area (TPSA) is 114 Å². The Labute approximate surface area is 208 Å². The third-order valence-electron chi connectivity index (χ3n) is 6.07. The van der Waals surface area contributed by atoms with Crippen LogP contribution in [0.3, 0.4) is 0 Å². The van der Waals surface area contributed by atoms with Crippen molar-refractivity contribution in [3.63, 3.8) is 0 Å². The third-order valence-corrected chi connectivity index (χ3v) is 6.07. The summed E-state index contributed by atoms with van der Waals surface area (Å²) in [6.45, 7) is 7.58. The third kappa shape index (κ3) is 10.1. The molecule has 1 aromatic rings. The van der Waals surface area contributed by atoms with Crippen LogP contribution in [0.2, 0.25) is 0 Å². The molecule has 8 heteroatoms. The maximum atomic E-state index is 13.1. The van der Waals surface area contributed by atoms with Crippen LogP contribution < -0.4 is 16.0 Å². The van der Waals surface area contributed by atoms with Crippen LogP contribution in [0, 0.1) is 5.92 Å². The summed E-state index contributed by atoms with van der Waals surface area (Å²) in [4.78, 5) is 51.9. The molecule has 0 aliphatic carbocycles. The molecule has 35 heavy (non-hydrogen) atoms. The average molecular weight is 488 g/mol. The number of hydrogen-bond acceptors (Lipinski definition) is 5. The highest BCUT2D eigenvalue weighted by Crippen LogP contribution is 2.16. The number of ether oxygens (including phenoxy) is 1. The minimum atomic E-state index is -0.884. The van der Waals surface area contributed by atoms with E-state index >= 15 is 0 Å². The monoisotopic (exact) mass is 487 g/mol. The van der Waals surface area contributed by atoms with E-state index in [0.29, 0.717) is 12.8 Å². The van der Waals surface area contributed by atoms with Crippen LogP contribution in [0.5, 0.6) is 0 Å². The van der Waals surface area contributed by atoms with Crippen LogP contribution in [-0.2, 0) is 30.3 Å². The maximum Gasteiger partial charge on any atom is 0.328 e. The van der Waals surface area contributed by atoms with E-state index in [4.69, 9.17) is 4.74 Å². The molecule has 0 radical (unpaired) electrons. The Kier molecular flexibility index (Phi) is 11.7. The van der Waals surface area contributed by atoms with Crippen LogP contribution in [0.4, 0.5) is 0 Å². The van der Waals surface area contributed by atoms with Gasteiger partial charge in [-0.15, -0.1) is 0 Å². The summed E-state index contributed by atoms with van der Waals surface area (Å²) in [6.07, 6.45) is 4.52. The van der Waals surface area contributed by atoms with Gasteiger partial charge in [-0.05, 0) is 37.7 Å². The smallest absolute Gasteiger partial charge is 0.328 e. The molecule has 8 nitrogen and oxygen atoms in total. The van der Waals surface area contributed by atoms with E-state index in [9.17, 15) is 19.2 Å². The van der Waals surface area contributed by atoms with Gasteiger partial charge in [-0.3, -0.25) is 14.4 Å². The van der Waals surface area contributed by atoms with Crippen molar-refractivity contribution in [1.82, 2.24) is 16.0 Å². The molecular formula is C27H41N3O5. The van der Waals surface area contributed by atoms with E-state index in [1.54, 1.807) is 6.92 Å². The Morgan fingerprint density at radius 1 is 0.914 bits per heavy atom. The molecule has 2 rings (SSSR count). The van der Waals surface area contributed by atoms with E-state index in [0.717, 1.165) is 31.2 Å². The SMILES string of the molecule is CCCCCC[C@@H]1CC(=O)NC(Cc2ccccc2)C(=O)NC(C)C(=O)N[C@H](CC(C)C)C(=O)O1. The van der Waals surface area contributed by atoms with Crippen molar-refractivity contribution in [2.24, 2.45) is 5.92 Å². The quantitative estimate of drug-likeness (QED) is 0.366. The van der Waals surface area contributed by atoms with Gasteiger partial charge in [-0.1, -0.05) is 70.4 Å². The standard InChI is InChI=1S/C27H41N3O5/c1-5-6-7-11-14-21-17-24(31)29-22(16-20-12-9-8-10-13-20)26(33)28-19(4)25(32)30-23(15-18(2)3)27(34)35-21/h8-10,12-13,18-19,21-23H,5-7,11,14-17H2,1-4H3,(H,28,33)(H,29,31)(H,30,32)/t19?,21-,22?,23-/m1/s1. The predicted octanol–water partition coefficient (Wildman–Crippen LogP) is 3.04. The van der Waals surface area contributed by atoms with E-state index in [-0.39, 0.29) is 24.7 Å². The molecule has 0 spiro atoms. The van der Waals surface area contributed by atoms with Crippen molar-refractivity contribution in [3.8, 4) is 0 Å². The van der Waals surface area contributed by atoms with Gasteiger partial charge in [0.2, 0.25) is 17.7 Å². The first kappa shape index (κ1) is 28.3. The first-order valence-electron chi connectivity index (χ1n) is 12.8. The molecule has 1 saturated heterocycles. The van der Waals surface area contributed by atoms with Gasteiger partial charge in [0.1, 0.15) is 24.2 Å². The lowest BCUT2D eigenvalue weighted by Crippen LogP contribution is -2.55. The minimum absolute atomic E-state index is 0.0334. The number of carbonyl (C=O) groups excluding carboxylic acids is 4. The highest BCUT2D eigenvalue weighted by molar-refractivity contribution is 5.94. The molecular weight excluding hydrogens is 446 g/mol. The van der Waals surface area contributed by atoms with Crippen LogP contribution in [0.15, 0.2) is 30.3 Å². The number of unbranched alkanes of at least 4 members (excludes halogenated alkanes) is 3. The molecule has 1 aromatic carbocycles. The van der Waals surface area contributed by atoms with E-state index < -0.39 is 42.0 Å². The van der Waals surface area contributed by atoms with Gasteiger partial charge in [0.05, 0.1) is 6.42 Å². The van der Waals surface area contributed by atoms with Crippen molar-refractivity contribution >= 4 is 23.7 Å². The predicted molar refractivity (Wildman–Crippen MR) is 134 cm³/mol. The molecule has 1 aliphatic heterocycles. The molecule has 0 saturated carbocycles. The number of amides is 3. The number of carbonyl (C=O) groups is 4. The first-order valence-corrected chi connectivity index (χ1v) is 12.8. The molecule has 1 heterocycles. The summed E-state index contributed by atoms with van der Waals surface area (Å²) in [5.74, 6) is -1.68. The van der Waals surface area contributed by atoms with E-state index in [1.165, 1.54) is 0 Å². The van der Waals surface area contributed by atoms with Crippen LogP contribution in [-0.4, -0.2) is 47.9 Å². The lowest BCUT2D eigenvalue weighted by molar-refractivity contribution is -0.155. The zero-order valence-corrected chi connectivity index (χ0v) is 21.5. The van der Waals surface area contributed by atoms with Gasteiger partial charge in [-0.2, -0.15) is 0 Å². The highest BCUT2D eigenvalue weighted by Gasteiger charge is 2.32. The molecule has 1 aliphatic rings. The number of hydrogen-bond donors (Lipinski definition) is 3. The summed E-state index contributed by atoms with van der Waals surface area (Å²) in [7, 11) is 0. The Balaban J connectivity index is 2.28. The fourth-order valence-electron chi connectivity index (χ4n) is 4.13. The van der Waals surface area contributed by atoms with Crippen molar-refractivity contribution in [3.05, 3.63) is 35.9 Å². The summed E-state index contributed by atoms with van der Waals surface area (Å²) in [5, 5.41) is 8.24. The second-order valence-corrected chi connectivity index (χ2v) is 9.84. The van der Waals surface area contributed by atoms with E-state index in [2.05, 4.69) is 22.9 Å². The lowest BCUT2D eigenvalue weighted by atomic mass is 10.0. The zero-order chi connectivity index (χ0) is 25.8. The van der Waals surface area contributed by atoms with Gasteiger partial charge >= 0.3 is 5.97 Å². The van der Waals surface area contributed by atoms with Gasteiger partial charge in [0.25, 0.3) is 0 Å². The normalized spacial score (nSPS) is 24.4. The molecule has 3 amide bonds. The minimum Gasteiger partial charge on any atom is -0.460 e. The molecule has 194 valence electrons. The second-order valence-electron chi connectivity index (χ2n) is 9.84. The molecule has 1 fully saturated rings. The summed E-state index contributed by atoms with van der Waals surface area (Å²) >= 11 is 0. The fourth-order valence-corrected chi connectivity index (χ4v) is 4.13. The Morgan fingerprint density at radius 2 is 1.63 bits per heavy atom. The van der Waals surface area contributed by atoms with Crippen LogP contribution >= 0.6 is 0 Å². The molecule has 4 atom stereocenters. The van der Waals surface area contributed by atoms with Gasteiger partial charge in [0.15, 0.2) is 0 Å². The van der Waals surface area contributed by atoms with Crippen molar-refractivity contribution in [2.75, 3.05) is 0 Å². The average Bonchev–Trinajstić information content (AvgIpc) is 2.80. The second kappa shape index (κ2) is 14.5. The number of nitrogens with one attached hydrogen (secondary N) is 3. The van der Waals surface area contributed by atoms with Gasteiger partial charge in [-0.25, -0.2) is 4.79 Å². The largest absolute Gasteiger partial charge is 0.460 e. The van der Waals surface area contributed by atoms with Crippen molar-refractivity contribution in [1.29, 1.82) is 0 Å². The molecule has 0 bridgehead atoms. The molecule has 2 unspecified atom stereocenters. The number of cyclic esters (lactones) is 1. The Hall–Kier alpha value is -2.90. The maximum absolute atomic E-state index is 13.1. The number of rotatable bonds is 9. The van der Waals surface area contributed by atoms with Crippen molar-refractivity contribution < 1.29 is 23.9 Å². The molecule has 0 aromatic heterocycles. The molecule has 3 N–H and O–H groups in total. The van der Waals surface area contributed by atoms with Crippen LogP contribution in [0.1, 0.15) is 78.2 Å². The van der Waals surface area contributed by atoms with Gasteiger partial charge < -0.3 is 20.7 Å². The van der Waals surface area contributed by atoms with Gasteiger partial charge in [0, 0.05) is 6.42 Å². The van der Waals surface area contributed by atoms with E-state index in [1.807, 2.05) is 44.2 Å².